The number of hydrogen-bond acceptors (Lipinski definition) is 0. The average Bonchev–Trinajstić information content (AvgIpc) is 2.23. The van der Waals surface area contributed by atoms with Crippen LogP contribution in [0.2, 0.25) is 0 Å². The first-order chi connectivity index (χ1) is 6.63. The molecule has 2 aromatic rings. The Morgan fingerprint density at radius 1 is 0.571 bits per heavy atom. The molecule has 72 valence electrons. The quantitative estimate of drug-likeness (QED) is 0.352. The highest BCUT2D eigenvalue weighted by atomic mass is 79.9. The van der Waals surface area contributed by atoms with E-state index < -0.39 is 0 Å². The third-order valence-corrected chi connectivity index (χ3v) is 6.81. The molecule has 0 bridgehead atoms. The number of halogens is 4. The average molecular weight is 444 g/mol. The molecule has 0 aromatic heterocycles. The standard InChI is InChI=1S/C10H4Br4/c11-7-5-3-1-2-4-6(5)8(12)10(14)9(7)13/h1-4H. The largest absolute Gasteiger partial charge is 0.0616 e. The van der Waals surface area contributed by atoms with Gasteiger partial charge in [0.1, 0.15) is 0 Å². The molecular formula is C10H4Br4. The second kappa shape index (κ2) is 4.24. The van der Waals surface area contributed by atoms with Crippen molar-refractivity contribution in [2.24, 2.45) is 0 Å². The molecule has 2 rings (SSSR count). The van der Waals surface area contributed by atoms with Gasteiger partial charge < -0.3 is 0 Å². The van der Waals surface area contributed by atoms with E-state index in [2.05, 4.69) is 75.9 Å². The Labute approximate surface area is 116 Å². The fourth-order valence-electron chi connectivity index (χ4n) is 1.30. The van der Waals surface area contributed by atoms with E-state index in [0.29, 0.717) is 0 Å². The first kappa shape index (κ1) is 11.1. The predicted molar refractivity (Wildman–Crippen MR) is 74.7 cm³/mol. The van der Waals surface area contributed by atoms with Gasteiger partial charge in [0, 0.05) is 17.9 Å². The number of rotatable bonds is 0. The minimum absolute atomic E-state index is 1.03. The molecule has 0 atom stereocenters. The molecule has 0 saturated carbocycles. The lowest BCUT2D eigenvalue weighted by Gasteiger charge is -2.08. The van der Waals surface area contributed by atoms with Crippen molar-refractivity contribution in [2.45, 2.75) is 0 Å². The van der Waals surface area contributed by atoms with Crippen LogP contribution in [0.5, 0.6) is 0 Å². The summed E-state index contributed by atoms with van der Waals surface area (Å²) in [7, 11) is 0. The summed E-state index contributed by atoms with van der Waals surface area (Å²) in [5, 5.41) is 2.38. The van der Waals surface area contributed by atoms with Crippen molar-refractivity contribution in [3.05, 3.63) is 42.2 Å². The Balaban J connectivity index is 3.02. The van der Waals surface area contributed by atoms with Gasteiger partial charge in [-0.1, -0.05) is 24.3 Å². The van der Waals surface area contributed by atoms with Crippen molar-refractivity contribution in [3.8, 4) is 0 Å². The van der Waals surface area contributed by atoms with Gasteiger partial charge in [-0.25, -0.2) is 0 Å². The van der Waals surface area contributed by atoms with Crippen LogP contribution in [0.3, 0.4) is 0 Å². The Hall–Kier alpha value is 0.620. The van der Waals surface area contributed by atoms with E-state index in [1.165, 1.54) is 10.8 Å². The minimum atomic E-state index is 1.03. The fourth-order valence-corrected chi connectivity index (χ4v) is 3.74. The second-order valence-electron chi connectivity index (χ2n) is 2.80. The molecule has 4 heteroatoms. The molecular weight excluding hydrogens is 440 g/mol. The Morgan fingerprint density at radius 3 is 1.29 bits per heavy atom. The van der Waals surface area contributed by atoms with Crippen molar-refractivity contribution in [3.63, 3.8) is 0 Å². The summed E-state index contributed by atoms with van der Waals surface area (Å²) in [6.07, 6.45) is 0. The molecule has 0 aliphatic heterocycles. The Bertz CT molecular complexity index is 458. The fraction of sp³-hybridized carbons (Fsp3) is 0. The predicted octanol–water partition coefficient (Wildman–Crippen LogP) is 5.89. The smallest absolute Gasteiger partial charge is 0.0477 e. The van der Waals surface area contributed by atoms with E-state index >= 15 is 0 Å². The molecule has 0 radical (unpaired) electrons. The van der Waals surface area contributed by atoms with Gasteiger partial charge in [-0.2, -0.15) is 0 Å². The van der Waals surface area contributed by atoms with Gasteiger partial charge in [-0.15, -0.1) is 0 Å². The highest BCUT2D eigenvalue weighted by Gasteiger charge is 2.12. The minimum Gasteiger partial charge on any atom is -0.0616 e. The van der Waals surface area contributed by atoms with Crippen LogP contribution in [0.1, 0.15) is 0 Å². The summed E-state index contributed by atoms with van der Waals surface area (Å²) in [4.78, 5) is 0. The van der Waals surface area contributed by atoms with Crippen LogP contribution < -0.4 is 0 Å². The van der Waals surface area contributed by atoms with Crippen LogP contribution in [-0.2, 0) is 0 Å². The highest BCUT2D eigenvalue weighted by Crippen LogP contribution is 2.43. The first-order valence-corrected chi connectivity index (χ1v) is 7.01. The molecule has 0 fully saturated rings. The van der Waals surface area contributed by atoms with Gasteiger partial charge in [0.05, 0.1) is 0 Å². The third kappa shape index (κ3) is 1.70. The van der Waals surface area contributed by atoms with E-state index in [4.69, 9.17) is 0 Å². The van der Waals surface area contributed by atoms with E-state index in [1.54, 1.807) is 0 Å². The number of hydrogen-bond donors (Lipinski definition) is 0. The van der Waals surface area contributed by atoms with Crippen LogP contribution in [0.15, 0.2) is 42.2 Å². The van der Waals surface area contributed by atoms with Gasteiger partial charge >= 0.3 is 0 Å². The van der Waals surface area contributed by atoms with Crippen molar-refractivity contribution >= 4 is 74.5 Å². The third-order valence-electron chi connectivity index (χ3n) is 1.98. The van der Waals surface area contributed by atoms with Crippen molar-refractivity contribution in [2.75, 3.05) is 0 Å². The topological polar surface area (TPSA) is 0 Å². The number of fused-ring (bicyclic) bond motifs is 1. The maximum atomic E-state index is 3.57. The van der Waals surface area contributed by atoms with E-state index in [1.807, 2.05) is 12.1 Å². The molecule has 14 heavy (non-hydrogen) atoms. The normalized spacial score (nSPS) is 10.9. The molecule has 0 unspecified atom stereocenters. The summed E-state index contributed by atoms with van der Waals surface area (Å²) in [5.74, 6) is 0. The van der Waals surface area contributed by atoms with Crippen molar-refractivity contribution in [1.29, 1.82) is 0 Å². The van der Waals surface area contributed by atoms with Gasteiger partial charge in [0.25, 0.3) is 0 Å². The summed E-state index contributed by atoms with van der Waals surface area (Å²) < 4.78 is 4.21. The van der Waals surface area contributed by atoms with E-state index in [-0.39, 0.29) is 0 Å². The lowest BCUT2D eigenvalue weighted by atomic mass is 10.1. The van der Waals surface area contributed by atoms with E-state index in [0.717, 1.165) is 17.9 Å². The van der Waals surface area contributed by atoms with Gasteiger partial charge in [0.15, 0.2) is 0 Å². The van der Waals surface area contributed by atoms with Crippen LogP contribution in [0.25, 0.3) is 10.8 Å². The van der Waals surface area contributed by atoms with Crippen molar-refractivity contribution in [1.82, 2.24) is 0 Å². The zero-order chi connectivity index (χ0) is 10.3. The molecule has 0 N–H and O–H groups in total. The lowest BCUT2D eigenvalue weighted by Crippen LogP contribution is -1.81. The van der Waals surface area contributed by atoms with Gasteiger partial charge in [-0.3, -0.25) is 0 Å². The molecule has 0 aliphatic carbocycles. The Morgan fingerprint density at radius 2 is 0.929 bits per heavy atom. The zero-order valence-electron chi connectivity index (χ0n) is 6.82. The molecule has 0 saturated heterocycles. The first-order valence-electron chi connectivity index (χ1n) is 3.83. The second-order valence-corrected chi connectivity index (χ2v) is 5.97. The summed E-state index contributed by atoms with van der Waals surface area (Å²) in [6.45, 7) is 0. The number of benzene rings is 2. The lowest BCUT2D eigenvalue weighted by molar-refractivity contribution is 1.56. The van der Waals surface area contributed by atoms with Gasteiger partial charge in [-0.05, 0) is 74.5 Å². The Kier molecular flexibility index (Phi) is 3.37. The molecule has 0 heterocycles. The van der Waals surface area contributed by atoms with Crippen LogP contribution >= 0.6 is 63.7 Å². The molecule has 2 aromatic carbocycles. The van der Waals surface area contributed by atoms with Crippen LogP contribution in [0.4, 0.5) is 0 Å². The monoisotopic (exact) mass is 440 g/mol. The van der Waals surface area contributed by atoms with Gasteiger partial charge in [0.2, 0.25) is 0 Å². The SMILES string of the molecule is Brc1c(Br)c(Br)c2ccccc2c1Br. The summed E-state index contributed by atoms with van der Waals surface area (Å²) >= 11 is 14.2. The maximum absolute atomic E-state index is 3.57. The maximum Gasteiger partial charge on any atom is 0.0477 e. The van der Waals surface area contributed by atoms with Crippen molar-refractivity contribution < 1.29 is 0 Å². The molecule has 0 nitrogen and oxygen atoms in total. The molecule has 0 aliphatic rings. The summed E-state index contributed by atoms with van der Waals surface area (Å²) in [6, 6.07) is 8.22. The summed E-state index contributed by atoms with van der Waals surface area (Å²) in [5.41, 5.74) is 0. The highest BCUT2D eigenvalue weighted by molar-refractivity contribution is 9.15. The van der Waals surface area contributed by atoms with E-state index in [9.17, 15) is 0 Å². The van der Waals surface area contributed by atoms with Crippen LogP contribution in [-0.4, -0.2) is 0 Å². The zero-order valence-corrected chi connectivity index (χ0v) is 13.2. The molecule has 0 spiro atoms. The van der Waals surface area contributed by atoms with Crippen LogP contribution in [0, 0.1) is 0 Å². The molecule has 0 amide bonds.